The molecule has 1 saturated carbocycles. The molecule has 0 radical (unpaired) electrons. The first-order chi connectivity index (χ1) is 9.74. The Balaban J connectivity index is 1.44. The number of nitrogens with one attached hydrogen (secondary N) is 1. The topological polar surface area (TPSA) is 67.3 Å². The zero-order valence-corrected chi connectivity index (χ0v) is 12.5. The molecule has 20 heavy (non-hydrogen) atoms. The van der Waals surface area contributed by atoms with Crippen LogP contribution in [0.25, 0.3) is 0 Å². The molecule has 0 spiro atoms. The fourth-order valence-corrected chi connectivity index (χ4v) is 3.19. The standard InChI is InChI=1S/C13H20N4O2S/c1-19-17-6-4-9(5-7-17)8-11(18)14-13-15-12(16-20-13)10-2-3-10/h9-10H,2-8H2,1H3,(H,14,15,16,18). The Hall–Kier alpha value is -1.05. The first-order valence-electron chi connectivity index (χ1n) is 7.17. The number of hydrogen-bond acceptors (Lipinski definition) is 6. The molecule has 1 N–H and O–H groups in total. The van der Waals surface area contributed by atoms with Crippen molar-refractivity contribution in [2.45, 2.75) is 38.0 Å². The van der Waals surface area contributed by atoms with Crippen LogP contribution in [0.2, 0.25) is 0 Å². The number of hydrogen-bond donors (Lipinski definition) is 1. The highest BCUT2D eigenvalue weighted by molar-refractivity contribution is 7.09. The third kappa shape index (κ3) is 3.53. The van der Waals surface area contributed by atoms with E-state index in [4.69, 9.17) is 4.84 Å². The molecule has 1 amide bonds. The fourth-order valence-electron chi connectivity index (χ4n) is 2.52. The van der Waals surface area contributed by atoms with Gasteiger partial charge in [0.2, 0.25) is 11.0 Å². The van der Waals surface area contributed by atoms with Crippen molar-refractivity contribution in [3.8, 4) is 0 Å². The molecule has 1 saturated heterocycles. The highest BCUT2D eigenvalue weighted by Gasteiger charge is 2.28. The highest BCUT2D eigenvalue weighted by atomic mass is 32.1. The number of piperidine rings is 1. The van der Waals surface area contributed by atoms with Gasteiger partial charge in [0.1, 0.15) is 5.82 Å². The van der Waals surface area contributed by atoms with Crippen LogP contribution >= 0.6 is 11.5 Å². The van der Waals surface area contributed by atoms with E-state index >= 15 is 0 Å². The van der Waals surface area contributed by atoms with Gasteiger partial charge < -0.3 is 10.2 Å². The van der Waals surface area contributed by atoms with Crippen molar-refractivity contribution in [1.82, 2.24) is 14.4 Å². The van der Waals surface area contributed by atoms with Crippen LogP contribution in [0.3, 0.4) is 0 Å². The number of carbonyl (C=O) groups is 1. The third-order valence-corrected chi connectivity index (χ3v) is 4.58. The maximum absolute atomic E-state index is 12.0. The molecule has 1 aliphatic heterocycles. The third-order valence-electron chi connectivity index (χ3n) is 3.94. The summed E-state index contributed by atoms with van der Waals surface area (Å²) >= 11 is 1.29. The van der Waals surface area contributed by atoms with Crippen LogP contribution in [0.1, 0.15) is 43.8 Å². The summed E-state index contributed by atoms with van der Waals surface area (Å²) < 4.78 is 4.29. The van der Waals surface area contributed by atoms with Gasteiger partial charge in [0.15, 0.2) is 0 Å². The molecule has 1 aromatic rings. The van der Waals surface area contributed by atoms with Crippen LogP contribution < -0.4 is 5.32 Å². The van der Waals surface area contributed by atoms with Crippen LogP contribution in [-0.4, -0.2) is 40.5 Å². The Bertz CT molecular complexity index is 467. The van der Waals surface area contributed by atoms with Crippen molar-refractivity contribution >= 4 is 22.6 Å². The van der Waals surface area contributed by atoms with E-state index in [0.717, 1.165) is 31.8 Å². The maximum Gasteiger partial charge on any atom is 0.226 e. The summed E-state index contributed by atoms with van der Waals surface area (Å²) in [4.78, 5) is 21.6. The molecule has 0 atom stereocenters. The van der Waals surface area contributed by atoms with Gasteiger partial charge in [-0.1, -0.05) is 0 Å². The Labute approximate surface area is 122 Å². The molecule has 2 heterocycles. The van der Waals surface area contributed by atoms with E-state index in [1.807, 2.05) is 5.06 Å². The molecule has 0 aromatic carbocycles. The lowest BCUT2D eigenvalue weighted by Crippen LogP contribution is -2.34. The molecule has 6 nitrogen and oxygen atoms in total. The van der Waals surface area contributed by atoms with Crippen molar-refractivity contribution in [3.05, 3.63) is 5.82 Å². The predicted molar refractivity (Wildman–Crippen MR) is 76.4 cm³/mol. The van der Waals surface area contributed by atoms with Crippen LogP contribution in [0.15, 0.2) is 0 Å². The minimum Gasteiger partial charge on any atom is -0.302 e. The van der Waals surface area contributed by atoms with E-state index in [1.165, 1.54) is 24.4 Å². The van der Waals surface area contributed by atoms with E-state index in [9.17, 15) is 4.79 Å². The number of nitrogens with zero attached hydrogens (tertiary/aromatic N) is 3. The lowest BCUT2D eigenvalue weighted by atomic mass is 9.94. The number of hydroxylamine groups is 2. The molecular formula is C13H20N4O2S. The van der Waals surface area contributed by atoms with Gasteiger partial charge in [-0.15, -0.1) is 0 Å². The van der Waals surface area contributed by atoms with E-state index in [2.05, 4.69) is 14.7 Å². The van der Waals surface area contributed by atoms with Crippen LogP contribution in [0.4, 0.5) is 5.13 Å². The van der Waals surface area contributed by atoms with Gasteiger partial charge in [-0.2, -0.15) is 9.44 Å². The van der Waals surface area contributed by atoms with Crippen LogP contribution in [0, 0.1) is 5.92 Å². The van der Waals surface area contributed by atoms with Gasteiger partial charge in [0.25, 0.3) is 0 Å². The summed E-state index contributed by atoms with van der Waals surface area (Å²) in [5.41, 5.74) is 0. The van der Waals surface area contributed by atoms with Crippen molar-refractivity contribution in [1.29, 1.82) is 0 Å². The Morgan fingerprint density at radius 3 is 2.80 bits per heavy atom. The first kappa shape index (κ1) is 13.9. The zero-order chi connectivity index (χ0) is 13.9. The molecule has 3 rings (SSSR count). The van der Waals surface area contributed by atoms with Crippen molar-refractivity contribution < 1.29 is 9.63 Å². The second-order valence-corrected chi connectivity index (χ2v) is 6.29. The van der Waals surface area contributed by atoms with Crippen LogP contribution in [-0.2, 0) is 9.63 Å². The second kappa shape index (κ2) is 6.15. The maximum atomic E-state index is 12.0. The highest BCUT2D eigenvalue weighted by Crippen LogP contribution is 2.39. The largest absolute Gasteiger partial charge is 0.302 e. The summed E-state index contributed by atoms with van der Waals surface area (Å²) in [5, 5.41) is 5.47. The number of aromatic nitrogens is 2. The van der Waals surface area contributed by atoms with Crippen LogP contribution in [0.5, 0.6) is 0 Å². The normalized spacial score (nSPS) is 21.1. The number of rotatable bonds is 5. The predicted octanol–water partition coefficient (Wildman–Crippen LogP) is 2.02. The quantitative estimate of drug-likeness (QED) is 0.900. The fraction of sp³-hybridized carbons (Fsp3) is 0.769. The summed E-state index contributed by atoms with van der Waals surface area (Å²) in [5.74, 6) is 1.94. The van der Waals surface area contributed by atoms with Gasteiger partial charge in [-0.3, -0.25) is 4.79 Å². The Morgan fingerprint density at radius 1 is 1.40 bits per heavy atom. The Kier molecular flexibility index (Phi) is 4.28. The summed E-state index contributed by atoms with van der Waals surface area (Å²) in [7, 11) is 1.69. The summed E-state index contributed by atoms with van der Waals surface area (Å²) in [6.07, 6.45) is 4.94. The number of anilines is 1. The molecule has 7 heteroatoms. The molecular weight excluding hydrogens is 276 g/mol. The second-order valence-electron chi connectivity index (χ2n) is 5.54. The minimum absolute atomic E-state index is 0.0550. The van der Waals surface area contributed by atoms with Gasteiger partial charge in [0.05, 0.1) is 7.11 Å². The number of carbonyl (C=O) groups excluding carboxylic acids is 1. The van der Waals surface area contributed by atoms with Crippen molar-refractivity contribution in [3.63, 3.8) is 0 Å². The molecule has 0 bridgehead atoms. The summed E-state index contributed by atoms with van der Waals surface area (Å²) in [6, 6.07) is 0. The first-order valence-corrected chi connectivity index (χ1v) is 7.94. The van der Waals surface area contributed by atoms with Gasteiger partial charge in [-0.25, -0.2) is 4.98 Å². The van der Waals surface area contributed by atoms with Gasteiger partial charge in [0, 0.05) is 37.0 Å². The number of amides is 1. The molecule has 1 aliphatic carbocycles. The van der Waals surface area contributed by atoms with E-state index < -0.39 is 0 Å². The molecule has 110 valence electrons. The van der Waals surface area contributed by atoms with Gasteiger partial charge >= 0.3 is 0 Å². The van der Waals surface area contributed by atoms with E-state index in [0.29, 0.717) is 23.4 Å². The summed E-state index contributed by atoms with van der Waals surface area (Å²) in [6.45, 7) is 1.80. The minimum atomic E-state index is 0.0550. The SMILES string of the molecule is CON1CCC(CC(=O)Nc2nc(C3CC3)ns2)CC1. The van der Waals surface area contributed by atoms with Crippen molar-refractivity contribution in [2.24, 2.45) is 5.92 Å². The molecule has 2 fully saturated rings. The van der Waals surface area contributed by atoms with Crippen molar-refractivity contribution in [2.75, 3.05) is 25.5 Å². The average Bonchev–Trinajstić information content (AvgIpc) is 3.20. The zero-order valence-electron chi connectivity index (χ0n) is 11.7. The lowest BCUT2D eigenvalue weighted by molar-refractivity contribution is -0.149. The van der Waals surface area contributed by atoms with E-state index in [1.54, 1.807) is 7.11 Å². The van der Waals surface area contributed by atoms with Gasteiger partial charge in [-0.05, 0) is 31.6 Å². The lowest BCUT2D eigenvalue weighted by Gasteiger charge is -2.29. The molecule has 1 aromatic heterocycles. The molecule has 0 unspecified atom stereocenters. The van der Waals surface area contributed by atoms with E-state index in [-0.39, 0.29) is 5.91 Å². The average molecular weight is 296 g/mol. The Morgan fingerprint density at radius 2 is 2.15 bits per heavy atom. The monoisotopic (exact) mass is 296 g/mol. The smallest absolute Gasteiger partial charge is 0.226 e. The molecule has 2 aliphatic rings.